The molecule has 1 N–H and O–H groups in total. The number of aliphatic carboxylic acids is 1. The predicted octanol–water partition coefficient (Wildman–Crippen LogP) is 0.659. The Kier molecular flexibility index (Phi) is 5.27. The minimum atomic E-state index is -3.10. The zero-order valence-electron chi connectivity index (χ0n) is 10.1. The predicted molar refractivity (Wildman–Crippen MR) is 69.0 cm³/mol. The quantitative estimate of drug-likeness (QED) is 0.798. The van der Waals surface area contributed by atoms with E-state index in [1.807, 2.05) is 11.8 Å². The van der Waals surface area contributed by atoms with Gasteiger partial charge in [0, 0.05) is 36.8 Å². The summed E-state index contributed by atoms with van der Waals surface area (Å²) in [5, 5.41) is 8.18. The zero-order valence-corrected chi connectivity index (χ0v) is 11.8. The summed E-state index contributed by atoms with van der Waals surface area (Å²) in [5.74, 6) is 0.652. The molecule has 2 unspecified atom stereocenters. The van der Waals surface area contributed by atoms with Crippen LogP contribution in [0.1, 0.15) is 19.8 Å². The molecule has 0 aliphatic carbocycles. The lowest BCUT2D eigenvalue weighted by Crippen LogP contribution is -2.51. The lowest BCUT2D eigenvalue weighted by molar-refractivity contribution is -0.137. The maximum absolute atomic E-state index is 11.7. The van der Waals surface area contributed by atoms with Gasteiger partial charge in [-0.25, -0.2) is 8.42 Å². The number of rotatable bonds is 5. The van der Waals surface area contributed by atoms with Crippen LogP contribution in [0.15, 0.2) is 0 Å². The fourth-order valence-electron chi connectivity index (χ4n) is 1.97. The second-order valence-electron chi connectivity index (χ2n) is 4.38. The fraction of sp³-hybridized carbons (Fsp3) is 0.900. The van der Waals surface area contributed by atoms with Crippen molar-refractivity contribution in [3.05, 3.63) is 0 Å². The minimum Gasteiger partial charge on any atom is -0.481 e. The number of carbonyl (C=O) groups is 1. The van der Waals surface area contributed by atoms with Gasteiger partial charge in [-0.05, 0) is 13.3 Å². The van der Waals surface area contributed by atoms with Crippen molar-refractivity contribution in [2.24, 2.45) is 0 Å². The number of nitrogens with zero attached hydrogens (tertiary/aromatic N) is 1. The SMILES string of the molecule is CC(CCC(=O)O)N1CCSCC1S(C)(=O)=O. The van der Waals surface area contributed by atoms with Gasteiger partial charge in [-0.15, -0.1) is 0 Å². The molecule has 5 nitrogen and oxygen atoms in total. The molecule has 0 aromatic heterocycles. The van der Waals surface area contributed by atoms with Crippen LogP contribution in [0.2, 0.25) is 0 Å². The summed E-state index contributed by atoms with van der Waals surface area (Å²) in [6.07, 6.45) is 1.83. The van der Waals surface area contributed by atoms with Crippen LogP contribution in [0.4, 0.5) is 0 Å². The van der Waals surface area contributed by atoms with Gasteiger partial charge in [0.2, 0.25) is 0 Å². The Morgan fingerprint density at radius 1 is 1.59 bits per heavy atom. The Morgan fingerprint density at radius 3 is 2.76 bits per heavy atom. The van der Waals surface area contributed by atoms with Crippen molar-refractivity contribution in [2.75, 3.05) is 24.3 Å². The van der Waals surface area contributed by atoms with Crippen LogP contribution < -0.4 is 0 Å². The van der Waals surface area contributed by atoms with Gasteiger partial charge in [0.1, 0.15) is 5.37 Å². The van der Waals surface area contributed by atoms with Crippen LogP contribution >= 0.6 is 11.8 Å². The third-order valence-corrected chi connectivity index (χ3v) is 5.62. The van der Waals surface area contributed by atoms with Gasteiger partial charge < -0.3 is 5.11 Å². The first kappa shape index (κ1) is 14.8. The van der Waals surface area contributed by atoms with E-state index in [0.717, 1.165) is 5.75 Å². The summed E-state index contributed by atoms with van der Waals surface area (Å²) in [6.45, 7) is 2.61. The molecule has 17 heavy (non-hydrogen) atoms. The molecule has 1 fully saturated rings. The highest BCUT2D eigenvalue weighted by Gasteiger charge is 2.33. The maximum Gasteiger partial charge on any atom is 0.303 e. The average Bonchev–Trinajstić information content (AvgIpc) is 2.24. The number of thioether (sulfide) groups is 1. The largest absolute Gasteiger partial charge is 0.481 e. The lowest BCUT2D eigenvalue weighted by Gasteiger charge is -2.38. The highest BCUT2D eigenvalue weighted by Crippen LogP contribution is 2.23. The van der Waals surface area contributed by atoms with Gasteiger partial charge in [0.25, 0.3) is 0 Å². The first-order chi connectivity index (χ1) is 7.82. The first-order valence-electron chi connectivity index (χ1n) is 5.56. The van der Waals surface area contributed by atoms with E-state index >= 15 is 0 Å². The van der Waals surface area contributed by atoms with Crippen LogP contribution in [0.25, 0.3) is 0 Å². The highest BCUT2D eigenvalue weighted by molar-refractivity contribution is 8.00. The summed E-state index contributed by atoms with van der Waals surface area (Å²) in [5.41, 5.74) is 0. The van der Waals surface area contributed by atoms with E-state index in [2.05, 4.69) is 0 Å². The smallest absolute Gasteiger partial charge is 0.303 e. The fourth-order valence-corrected chi connectivity index (χ4v) is 4.95. The molecular formula is C10H19NO4S2. The van der Waals surface area contributed by atoms with Crippen LogP contribution in [0.5, 0.6) is 0 Å². The Bertz CT molecular complexity index is 369. The van der Waals surface area contributed by atoms with E-state index in [1.54, 1.807) is 11.8 Å². The summed E-state index contributed by atoms with van der Waals surface area (Å²) >= 11 is 1.64. The van der Waals surface area contributed by atoms with Crippen molar-refractivity contribution in [1.82, 2.24) is 4.90 Å². The van der Waals surface area contributed by atoms with Gasteiger partial charge in [0.05, 0.1) is 0 Å². The molecule has 0 aromatic rings. The van der Waals surface area contributed by atoms with E-state index in [-0.39, 0.29) is 12.5 Å². The molecule has 1 rings (SSSR count). The van der Waals surface area contributed by atoms with Crippen molar-refractivity contribution < 1.29 is 18.3 Å². The second-order valence-corrected chi connectivity index (χ2v) is 7.73. The second kappa shape index (κ2) is 6.06. The monoisotopic (exact) mass is 281 g/mol. The molecule has 7 heteroatoms. The average molecular weight is 281 g/mol. The zero-order chi connectivity index (χ0) is 13.1. The summed E-state index contributed by atoms with van der Waals surface area (Å²) < 4.78 is 23.3. The molecule has 0 bridgehead atoms. The van der Waals surface area contributed by atoms with Crippen molar-refractivity contribution in [2.45, 2.75) is 31.2 Å². The van der Waals surface area contributed by atoms with Gasteiger partial charge in [0.15, 0.2) is 9.84 Å². The third kappa shape index (κ3) is 4.48. The molecule has 0 saturated carbocycles. The summed E-state index contributed by atoms with van der Waals surface area (Å²) in [7, 11) is -3.10. The van der Waals surface area contributed by atoms with Crippen molar-refractivity contribution in [3.63, 3.8) is 0 Å². The maximum atomic E-state index is 11.7. The summed E-state index contributed by atoms with van der Waals surface area (Å²) in [4.78, 5) is 12.4. The number of hydrogen-bond acceptors (Lipinski definition) is 5. The number of sulfone groups is 1. The Morgan fingerprint density at radius 2 is 2.24 bits per heavy atom. The van der Waals surface area contributed by atoms with Crippen molar-refractivity contribution >= 4 is 27.6 Å². The molecule has 0 amide bonds. The van der Waals surface area contributed by atoms with Gasteiger partial charge in [-0.3, -0.25) is 9.69 Å². The highest BCUT2D eigenvalue weighted by atomic mass is 32.2. The van der Waals surface area contributed by atoms with Crippen LogP contribution in [0.3, 0.4) is 0 Å². The molecule has 1 aliphatic rings. The molecule has 1 heterocycles. The Hall–Kier alpha value is -0.270. The molecule has 2 atom stereocenters. The molecule has 1 aliphatic heterocycles. The van der Waals surface area contributed by atoms with E-state index in [4.69, 9.17) is 5.11 Å². The Labute approximate surface area is 106 Å². The van der Waals surface area contributed by atoms with E-state index < -0.39 is 21.2 Å². The molecule has 0 spiro atoms. The third-order valence-electron chi connectivity index (χ3n) is 2.96. The number of carboxylic acids is 1. The standard InChI is InChI=1S/C10H19NO4S2/c1-8(3-4-10(12)13)11-5-6-16-7-9(11)17(2,14)15/h8-9H,3-7H2,1-2H3,(H,12,13). The Balaban J connectivity index is 2.67. The normalized spacial score (nSPS) is 24.5. The topological polar surface area (TPSA) is 74.7 Å². The molecule has 1 saturated heterocycles. The van der Waals surface area contributed by atoms with E-state index in [0.29, 0.717) is 18.7 Å². The van der Waals surface area contributed by atoms with Gasteiger partial charge in [-0.2, -0.15) is 11.8 Å². The molecule has 0 aromatic carbocycles. The van der Waals surface area contributed by atoms with Crippen LogP contribution in [-0.4, -0.2) is 60.1 Å². The van der Waals surface area contributed by atoms with Gasteiger partial charge in [-0.1, -0.05) is 0 Å². The lowest BCUT2D eigenvalue weighted by atomic mass is 10.1. The van der Waals surface area contributed by atoms with E-state index in [9.17, 15) is 13.2 Å². The molecule has 0 radical (unpaired) electrons. The van der Waals surface area contributed by atoms with Gasteiger partial charge >= 0.3 is 5.97 Å². The molecule has 100 valence electrons. The van der Waals surface area contributed by atoms with Crippen molar-refractivity contribution in [1.29, 1.82) is 0 Å². The molecular weight excluding hydrogens is 262 g/mol. The number of hydrogen-bond donors (Lipinski definition) is 1. The van der Waals surface area contributed by atoms with Crippen LogP contribution in [0, 0.1) is 0 Å². The van der Waals surface area contributed by atoms with Crippen molar-refractivity contribution in [3.8, 4) is 0 Å². The first-order valence-corrected chi connectivity index (χ1v) is 8.67. The summed E-state index contributed by atoms with van der Waals surface area (Å²) in [6, 6.07) is -0.00766. The number of carboxylic acid groups (broad SMARTS) is 1. The minimum absolute atomic E-state index is 0.00766. The van der Waals surface area contributed by atoms with Crippen LogP contribution in [-0.2, 0) is 14.6 Å². The van der Waals surface area contributed by atoms with E-state index in [1.165, 1.54) is 6.26 Å².